The van der Waals surface area contributed by atoms with Crippen LogP contribution in [0, 0.1) is 0 Å². The quantitative estimate of drug-likeness (QED) is 0.913. The van der Waals surface area contributed by atoms with Gasteiger partial charge in [0.15, 0.2) is 0 Å². The van der Waals surface area contributed by atoms with Gasteiger partial charge in [-0.2, -0.15) is 0 Å². The smallest absolute Gasteiger partial charge is 0.242 e. The summed E-state index contributed by atoms with van der Waals surface area (Å²) < 4.78 is 10.4. The Hall–Kier alpha value is -1.46. The van der Waals surface area contributed by atoms with Gasteiger partial charge in [0.05, 0.1) is 32.6 Å². The number of halogens is 1. The summed E-state index contributed by atoms with van der Waals surface area (Å²) in [4.78, 5) is 13.8. The molecule has 1 aromatic rings. The fourth-order valence-electron chi connectivity index (χ4n) is 1.91. The lowest BCUT2D eigenvalue weighted by atomic mass is 10.3. The van der Waals surface area contributed by atoms with E-state index < -0.39 is 0 Å². The molecule has 1 heterocycles. The minimum Gasteiger partial charge on any atom is -0.495 e. The zero-order valence-corrected chi connectivity index (χ0v) is 11.6. The highest BCUT2D eigenvalue weighted by molar-refractivity contribution is 6.30. The number of hydrogen-bond donors (Lipinski definition) is 1. The van der Waals surface area contributed by atoms with Crippen LogP contribution >= 0.6 is 11.6 Å². The topological polar surface area (TPSA) is 50.8 Å². The maximum absolute atomic E-state index is 12.0. The lowest BCUT2D eigenvalue weighted by Gasteiger charge is -2.27. The number of methoxy groups -OCH3 is 1. The molecule has 2 rings (SSSR count). The van der Waals surface area contributed by atoms with Crippen molar-refractivity contribution < 1.29 is 14.3 Å². The lowest BCUT2D eigenvalue weighted by molar-refractivity contribution is -0.133. The van der Waals surface area contributed by atoms with E-state index in [0.29, 0.717) is 37.1 Å². The van der Waals surface area contributed by atoms with Crippen LogP contribution in [0.15, 0.2) is 18.2 Å². The number of morpholine rings is 1. The SMILES string of the molecule is COc1ccc(Cl)cc1NCC(=O)N1CCOCC1. The van der Waals surface area contributed by atoms with E-state index in [1.165, 1.54) is 0 Å². The molecule has 1 fully saturated rings. The molecule has 1 aromatic carbocycles. The molecule has 0 aliphatic carbocycles. The van der Waals surface area contributed by atoms with Gasteiger partial charge in [-0.15, -0.1) is 0 Å². The molecule has 0 unspecified atom stereocenters. The van der Waals surface area contributed by atoms with Crippen LogP contribution in [0.3, 0.4) is 0 Å². The van der Waals surface area contributed by atoms with Gasteiger partial charge in [0, 0.05) is 18.1 Å². The Kier molecular flexibility index (Phi) is 4.87. The number of benzene rings is 1. The number of rotatable bonds is 4. The largest absolute Gasteiger partial charge is 0.495 e. The molecule has 0 aromatic heterocycles. The zero-order valence-electron chi connectivity index (χ0n) is 10.8. The summed E-state index contributed by atoms with van der Waals surface area (Å²) in [6.45, 7) is 2.72. The van der Waals surface area contributed by atoms with Crippen molar-refractivity contribution in [2.45, 2.75) is 0 Å². The van der Waals surface area contributed by atoms with Crippen LogP contribution in [-0.2, 0) is 9.53 Å². The Morgan fingerprint density at radius 2 is 2.21 bits per heavy atom. The molecule has 1 amide bonds. The summed E-state index contributed by atoms with van der Waals surface area (Å²) in [5.74, 6) is 0.713. The highest BCUT2D eigenvalue weighted by atomic mass is 35.5. The summed E-state index contributed by atoms with van der Waals surface area (Å²) in [6.07, 6.45) is 0. The van der Waals surface area contributed by atoms with Crippen molar-refractivity contribution in [2.24, 2.45) is 0 Å². The first-order valence-corrected chi connectivity index (χ1v) is 6.51. The highest BCUT2D eigenvalue weighted by Gasteiger charge is 2.16. The predicted molar refractivity (Wildman–Crippen MR) is 73.9 cm³/mol. The average Bonchev–Trinajstić information content (AvgIpc) is 2.46. The molecule has 0 radical (unpaired) electrons. The van der Waals surface area contributed by atoms with Crippen molar-refractivity contribution in [3.63, 3.8) is 0 Å². The number of nitrogens with zero attached hydrogens (tertiary/aromatic N) is 1. The maximum Gasteiger partial charge on any atom is 0.242 e. The first-order chi connectivity index (χ1) is 9.20. The van der Waals surface area contributed by atoms with Gasteiger partial charge in [-0.25, -0.2) is 0 Å². The summed E-state index contributed by atoms with van der Waals surface area (Å²) in [6, 6.07) is 5.26. The minimum absolute atomic E-state index is 0.0466. The standard InChI is InChI=1S/C13H17ClN2O3/c1-18-12-3-2-10(14)8-11(12)15-9-13(17)16-4-6-19-7-5-16/h2-3,8,15H,4-7,9H2,1H3. The second-order valence-electron chi connectivity index (χ2n) is 4.19. The first-order valence-electron chi connectivity index (χ1n) is 6.13. The first kappa shape index (κ1) is 14.0. The number of carbonyl (C=O) groups excluding carboxylic acids is 1. The van der Waals surface area contributed by atoms with Crippen LogP contribution in [0.2, 0.25) is 5.02 Å². The van der Waals surface area contributed by atoms with E-state index in [1.54, 1.807) is 30.2 Å². The number of ether oxygens (including phenoxy) is 2. The molecular formula is C13H17ClN2O3. The maximum atomic E-state index is 12.0. The molecule has 1 N–H and O–H groups in total. The Labute approximate surface area is 117 Å². The van der Waals surface area contributed by atoms with Gasteiger partial charge in [-0.05, 0) is 18.2 Å². The summed E-state index contributed by atoms with van der Waals surface area (Å²) in [7, 11) is 1.58. The monoisotopic (exact) mass is 284 g/mol. The molecule has 104 valence electrons. The number of hydrogen-bond acceptors (Lipinski definition) is 4. The Balaban J connectivity index is 1.94. The van der Waals surface area contributed by atoms with Crippen LogP contribution in [0.25, 0.3) is 0 Å². The molecule has 1 aliphatic rings. The van der Waals surface area contributed by atoms with Crippen LogP contribution < -0.4 is 10.1 Å². The van der Waals surface area contributed by atoms with Gasteiger partial charge >= 0.3 is 0 Å². The summed E-state index contributed by atoms with van der Waals surface area (Å²) in [5.41, 5.74) is 0.719. The van der Waals surface area contributed by atoms with Crippen LogP contribution in [-0.4, -0.2) is 50.8 Å². The van der Waals surface area contributed by atoms with Gasteiger partial charge in [0.25, 0.3) is 0 Å². The van der Waals surface area contributed by atoms with Gasteiger partial charge in [-0.1, -0.05) is 11.6 Å². The van der Waals surface area contributed by atoms with Crippen molar-refractivity contribution in [3.05, 3.63) is 23.2 Å². The van der Waals surface area contributed by atoms with Crippen molar-refractivity contribution in [3.8, 4) is 5.75 Å². The summed E-state index contributed by atoms with van der Waals surface area (Å²) >= 11 is 5.93. The van der Waals surface area contributed by atoms with E-state index in [1.807, 2.05) is 0 Å². The second-order valence-corrected chi connectivity index (χ2v) is 4.63. The van der Waals surface area contributed by atoms with E-state index in [2.05, 4.69) is 5.32 Å². The molecular weight excluding hydrogens is 268 g/mol. The van der Waals surface area contributed by atoms with E-state index >= 15 is 0 Å². The highest BCUT2D eigenvalue weighted by Crippen LogP contribution is 2.27. The number of anilines is 1. The third-order valence-electron chi connectivity index (χ3n) is 2.96. The van der Waals surface area contributed by atoms with Gasteiger partial charge in [-0.3, -0.25) is 4.79 Å². The molecule has 19 heavy (non-hydrogen) atoms. The fraction of sp³-hybridized carbons (Fsp3) is 0.462. The van der Waals surface area contributed by atoms with Gasteiger partial charge in [0.2, 0.25) is 5.91 Å². The van der Waals surface area contributed by atoms with Gasteiger partial charge < -0.3 is 19.7 Å². The summed E-state index contributed by atoms with van der Waals surface area (Å²) in [5, 5.41) is 3.66. The lowest BCUT2D eigenvalue weighted by Crippen LogP contribution is -2.43. The number of nitrogens with one attached hydrogen (secondary N) is 1. The van der Waals surface area contributed by atoms with Gasteiger partial charge in [0.1, 0.15) is 5.75 Å². The third-order valence-corrected chi connectivity index (χ3v) is 3.19. The molecule has 0 spiro atoms. The van der Waals surface area contributed by atoms with Crippen LogP contribution in [0.1, 0.15) is 0 Å². The van der Waals surface area contributed by atoms with E-state index in [9.17, 15) is 4.79 Å². The Bertz CT molecular complexity index is 448. The Morgan fingerprint density at radius 1 is 1.47 bits per heavy atom. The molecule has 1 aliphatic heterocycles. The van der Waals surface area contributed by atoms with E-state index in [-0.39, 0.29) is 12.5 Å². The number of carbonyl (C=O) groups is 1. The molecule has 0 saturated carbocycles. The van der Waals surface area contributed by atoms with Crippen molar-refractivity contribution in [1.29, 1.82) is 0 Å². The molecule has 0 atom stereocenters. The normalized spacial score (nSPS) is 15.2. The third kappa shape index (κ3) is 3.75. The molecule has 0 bridgehead atoms. The number of amides is 1. The van der Waals surface area contributed by atoms with E-state index in [0.717, 1.165) is 5.69 Å². The second kappa shape index (κ2) is 6.63. The van der Waals surface area contributed by atoms with Crippen molar-refractivity contribution in [1.82, 2.24) is 4.90 Å². The van der Waals surface area contributed by atoms with Crippen molar-refractivity contribution >= 4 is 23.2 Å². The van der Waals surface area contributed by atoms with E-state index in [4.69, 9.17) is 21.1 Å². The minimum atomic E-state index is 0.0466. The average molecular weight is 285 g/mol. The molecule has 1 saturated heterocycles. The molecule has 5 nitrogen and oxygen atoms in total. The molecule has 6 heteroatoms. The predicted octanol–water partition coefficient (Wildman–Crippen LogP) is 1.62. The Morgan fingerprint density at radius 3 is 2.89 bits per heavy atom. The fourth-order valence-corrected chi connectivity index (χ4v) is 2.09. The van der Waals surface area contributed by atoms with Crippen LogP contribution in [0.4, 0.5) is 5.69 Å². The van der Waals surface area contributed by atoms with Crippen molar-refractivity contribution in [2.75, 3.05) is 45.3 Å². The zero-order chi connectivity index (χ0) is 13.7. The van der Waals surface area contributed by atoms with Crippen LogP contribution in [0.5, 0.6) is 5.75 Å².